The zero-order valence-corrected chi connectivity index (χ0v) is 31.4. The Balaban J connectivity index is 1.11. The van der Waals surface area contributed by atoms with Crippen LogP contribution in [0.15, 0.2) is 206 Å². The van der Waals surface area contributed by atoms with Crippen molar-refractivity contribution in [2.75, 3.05) is 0 Å². The maximum atomic E-state index is 2.51. The van der Waals surface area contributed by atoms with Gasteiger partial charge in [0.1, 0.15) is 0 Å². The van der Waals surface area contributed by atoms with Crippen LogP contribution in [0.5, 0.6) is 0 Å². The second-order valence-corrected chi connectivity index (χ2v) is 15.3. The Hall–Kier alpha value is -7.82. The van der Waals surface area contributed by atoms with Crippen molar-refractivity contribution in [2.45, 2.75) is 0 Å². The fourth-order valence-electron chi connectivity index (χ4n) is 9.97. The third kappa shape index (κ3) is 4.23. The Morgan fingerprint density at radius 2 is 0.569 bits per heavy atom. The standard InChI is InChI=1S/C54H34N4/c1-3-15-35(16-4-1)55-46-23-11-8-20-40(46)44-33-37(27-30-50(44)55)57-49-26-14-10-22-43(49)53-52(57)32-29-42-39-19-7-13-25-48(39)58(54(42)53)38-28-31-51-45(34-38)41-21-9-12-24-47(41)56(51)36-17-5-2-6-18-36/h1-34H. The molecule has 0 fully saturated rings. The Labute approximate surface area is 333 Å². The Morgan fingerprint density at radius 3 is 1.10 bits per heavy atom. The van der Waals surface area contributed by atoms with Crippen LogP contribution in [0.25, 0.3) is 110 Å². The van der Waals surface area contributed by atoms with Crippen molar-refractivity contribution in [1.29, 1.82) is 0 Å². The Kier molecular flexibility index (Phi) is 6.41. The molecule has 58 heavy (non-hydrogen) atoms. The van der Waals surface area contributed by atoms with Gasteiger partial charge in [-0.15, -0.1) is 0 Å². The Morgan fingerprint density at radius 1 is 0.207 bits per heavy atom. The number of aromatic nitrogens is 4. The van der Waals surface area contributed by atoms with E-state index in [1.165, 1.54) is 87.2 Å². The number of nitrogens with zero attached hydrogens (tertiary/aromatic N) is 4. The molecule has 0 aliphatic rings. The van der Waals surface area contributed by atoms with E-state index < -0.39 is 0 Å². The van der Waals surface area contributed by atoms with Crippen LogP contribution >= 0.6 is 0 Å². The minimum Gasteiger partial charge on any atom is -0.309 e. The summed E-state index contributed by atoms with van der Waals surface area (Å²) in [6, 6.07) is 75.4. The van der Waals surface area contributed by atoms with Gasteiger partial charge >= 0.3 is 0 Å². The summed E-state index contributed by atoms with van der Waals surface area (Å²) in [5.74, 6) is 0. The number of rotatable bonds is 4. The fraction of sp³-hybridized carbons (Fsp3) is 0. The molecule has 4 aromatic heterocycles. The lowest BCUT2D eigenvalue weighted by Crippen LogP contribution is -1.97. The van der Waals surface area contributed by atoms with Gasteiger partial charge in [0.25, 0.3) is 0 Å². The predicted octanol–water partition coefficient (Wildman–Crippen LogP) is 14.1. The first-order chi connectivity index (χ1) is 28.8. The summed E-state index contributed by atoms with van der Waals surface area (Å²) in [5, 5.41) is 9.95. The topological polar surface area (TPSA) is 19.7 Å². The SMILES string of the molecule is c1ccc(-n2c3ccccc3c3cc(-n4c5ccccc5c5c4ccc4c6ccccc6n(-c6ccc7c(c6)c6ccccc6n7-c6ccccc6)c45)ccc32)cc1. The first-order valence-electron chi connectivity index (χ1n) is 20.0. The zero-order valence-electron chi connectivity index (χ0n) is 31.4. The predicted molar refractivity (Wildman–Crippen MR) is 244 cm³/mol. The molecule has 9 aromatic carbocycles. The van der Waals surface area contributed by atoms with Crippen LogP contribution in [0.3, 0.4) is 0 Å². The van der Waals surface area contributed by atoms with Crippen LogP contribution in [0.4, 0.5) is 0 Å². The van der Waals surface area contributed by atoms with Crippen LogP contribution < -0.4 is 0 Å². The maximum absolute atomic E-state index is 2.51. The summed E-state index contributed by atoms with van der Waals surface area (Å²) in [7, 11) is 0. The third-order valence-corrected chi connectivity index (χ3v) is 12.3. The average Bonchev–Trinajstić information content (AvgIpc) is 4.01. The van der Waals surface area contributed by atoms with E-state index in [0.717, 1.165) is 22.7 Å². The van der Waals surface area contributed by atoms with Crippen LogP contribution in [-0.4, -0.2) is 18.3 Å². The molecule has 0 bridgehead atoms. The molecular weight excluding hydrogens is 705 g/mol. The van der Waals surface area contributed by atoms with E-state index in [-0.39, 0.29) is 0 Å². The molecular formula is C54H34N4. The van der Waals surface area contributed by atoms with E-state index in [1.807, 2.05) is 0 Å². The molecule has 13 aromatic rings. The van der Waals surface area contributed by atoms with Gasteiger partial charge in [-0.25, -0.2) is 0 Å². The number of fused-ring (bicyclic) bond motifs is 13. The largest absolute Gasteiger partial charge is 0.309 e. The highest BCUT2D eigenvalue weighted by Crippen LogP contribution is 2.44. The van der Waals surface area contributed by atoms with E-state index in [2.05, 4.69) is 225 Å². The van der Waals surface area contributed by atoms with E-state index in [0.29, 0.717) is 0 Å². The smallest absolute Gasteiger partial charge is 0.0641 e. The lowest BCUT2D eigenvalue weighted by atomic mass is 10.1. The lowest BCUT2D eigenvalue weighted by Gasteiger charge is -2.12. The van der Waals surface area contributed by atoms with Crippen molar-refractivity contribution in [2.24, 2.45) is 0 Å². The first-order valence-corrected chi connectivity index (χ1v) is 20.0. The second kappa shape index (κ2) is 11.8. The molecule has 0 radical (unpaired) electrons. The number of hydrogen-bond donors (Lipinski definition) is 0. The molecule has 270 valence electrons. The summed E-state index contributed by atoms with van der Waals surface area (Å²) in [4.78, 5) is 0. The minimum atomic E-state index is 1.15. The van der Waals surface area contributed by atoms with E-state index >= 15 is 0 Å². The molecule has 0 unspecified atom stereocenters. The monoisotopic (exact) mass is 738 g/mol. The maximum Gasteiger partial charge on any atom is 0.0641 e. The van der Waals surface area contributed by atoms with Gasteiger partial charge < -0.3 is 18.3 Å². The molecule has 0 spiro atoms. The van der Waals surface area contributed by atoms with Gasteiger partial charge in [0.2, 0.25) is 0 Å². The van der Waals surface area contributed by atoms with Crippen molar-refractivity contribution in [1.82, 2.24) is 18.3 Å². The average molecular weight is 739 g/mol. The number of para-hydroxylation sites is 6. The van der Waals surface area contributed by atoms with Gasteiger partial charge in [0.15, 0.2) is 0 Å². The molecule has 0 amide bonds. The fourth-order valence-corrected chi connectivity index (χ4v) is 9.97. The van der Waals surface area contributed by atoms with E-state index in [9.17, 15) is 0 Å². The first kappa shape index (κ1) is 31.4. The van der Waals surface area contributed by atoms with Crippen LogP contribution in [0.1, 0.15) is 0 Å². The van der Waals surface area contributed by atoms with Gasteiger partial charge in [-0.3, -0.25) is 0 Å². The summed E-state index contributed by atoms with van der Waals surface area (Å²) >= 11 is 0. The van der Waals surface area contributed by atoms with Crippen molar-refractivity contribution in [3.05, 3.63) is 206 Å². The molecule has 0 aliphatic carbocycles. The van der Waals surface area contributed by atoms with Gasteiger partial charge in [-0.05, 0) is 91.0 Å². The number of benzene rings is 9. The normalized spacial score (nSPS) is 12.1. The summed E-state index contributed by atoms with van der Waals surface area (Å²) < 4.78 is 9.75. The van der Waals surface area contributed by atoms with Crippen molar-refractivity contribution < 1.29 is 0 Å². The van der Waals surface area contributed by atoms with Gasteiger partial charge in [-0.1, -0.05) is 115 Å². The minimum absolute atomic E-state index is 1.15. The van der Waals surface area contributed by atoms with Crippen LogP contribution in [-0.2, 0) is 0 Å². The molecule has 4 nitrogen and oxygen atoms in total. The third-order valence-electron chi connectivity index (χ3n) is 12.3. The highest BCUT2D eigenvalue weighted by molar-refractivity contribution is 6.26. The van der Waals surface area contributed by atoms with E-state index in [1.54, 1.807) is 0 Å². The van der Waals surface area contributed by atoms with Crippen LogP contribution in [0, 0.1) is 0 Å². The zero-order chi connectivity index (χ0) is 37.9. The van der Waals surface area contributed by atoms with Gasteiger partial charge in [0, 0.05) is 65.8 Å². The lowest BCUT2D eigenvalue weighted by molar-refractivity contribution is 1.16. The molecule has 4 heterocycles. The molecule has 0 N–H and O–H groups in total. The molecule has 4 heteroatoms. The molecule has 0 aliphatic heterocycles. The molecule has 13 rings (SSSR count). The second-order valence-electron chi connectivity index (χ2n) is 15.3. The summed E-state index contributed by atoms with van der Waals surface area (Å²) in [6.07, 6.45) is 0. The highest BCUT2D eigenvalue weighted by atomic mass is 15.0. The number of hydrogen-bond acceptors (Lipinski definition) is 0. The van der Waals surface area contributed by atoms with Crippen molar-refractivity contribution in [3.63, 3.8) is 0 Å². The molecule has 0 saturated carbocycles. The highest BCUT2D eigenvalue weighted by Gasteiger charge is 2.22. The van der Waals surface area contributed by atoms with Gasteiger partial charge in [-0.2, -0.15) is 0 Å². The summed E-state index contributed by atoms with van der Waals surface area (Å²) in [6.45, 7) is 0. The molecule has 0 atom stereocenters. The van der Waals surface area contributed by atoms with Crippen molar-refractivity contribution in [3.8, 4) is 22.7 Å². The summed E-state index contributed by atoms with van der Waals surface area (Å²) in [5.41, 5.74) is 14.2. The van der Waals surface area contributed by atoms with Crippen LogP contribution in [0.2, 0.25) is 0 Å². The Bertz CT molecular complexity index is 3780. The van der Waals surface area contributed by atoms with Gasteiger partial charge in [0.05, 0.1) is 44.1 Å². The van der Waals surface area contributed by atoms with E-state index in [4.69, 9.17) is 0 Å². The van der Waals surface area contributed by atoms with Crippen molar-refractivity contribution >= 4 is 87.2 Å². The quantitative estimate of drug-likeness (QED) is 0.171. The molecule has 0 saturated heterocycles.